The van der Waals surface area contributed by atoms with E-state index in [1.807, 2.05) is 32.9 Å². The van der Waals surface area contributed by atoms with Gasteiger partial charge in [-0.3, -0.25) is 0 Å². The first-order valence-electron chi connectivity index (χ1n) is 7.09. The first-order valence-corrected chi connectivity index (χ1v) is 8.35. The maximum absolute atomic E-state index is 12.0. The second-order valence-electron chi connectivity index (χ2n) is 6.10. The molecule has 0 atom stereocenters. The van der Waals surface area contributed by atoms with E-state index in [4.69, 9.17) is 16.3 Å². The number of carbonyl (C=O) groups is 1. The number of thioether (sulfide) groups is 1. The van der Waals surface area contributed by atoms with Gasteiger partial charge in [0.15, 0.2) is 0 Å². The van der Waals surface area contributed by atoms with Crippen molar-refractivity contribution < 1.29 is 9.53 Å². The third-order valence-electron chi connectivity index (χ3n) is 3.08. The molecular weight excluding hydrogens is 308 g/mol. The van der Waals surface area contributed by atoms with E-state index in [0.29, 0.717) is 10.3 Å². The highest BCUT2D eigenvalue weighted by Crippen LogP contribution is 2.30. The summed E-state index contributed by atoms with van der Waals surface area (Å²) in [5.41, 5.74) is -0.435. The summed E-state index contributed by atoms with van der Waals surface area (Å²) in [5.74, 6) is 0. The van der Waals surface area contributed by atoms with Gasteiger partial charge < -0.3 is 9.64 Å². The molecule has 0 spiro atoms. The lowest BCUT2D eigenvalue weighted by Gasteiger charge is -2.33. The molecule has 21 heavy (non-hydrogen) atoms. The Morgan fingerprint density at radius 2 is 2.05 bits per heavy atom. The summed E-state index contributed by atoms with van der Waals surface area (Å²) in [6.45, 7) is 7.14. The zero-order valence-electron chi connectivity index (χ0n) is 12.6. The molecule has 1 aromatic rings. The number of aromatic nitrogens is 1. The SMILES string of the molecule is CC(C)(C)OC(=O)N1CCC(Sc2ccc(Cl)cn2)CC1. The highest BCUT2D eigenvalue weighted by atomic mass is 35.5. The van der Waals surface area contributed by atoms with Crippen molar-refractivity contribution in [3.8, 4) is 0 Å². The Morgan fingerprint density at radius 1 is 1.38 bits per heavy atom. The van der Waals surface area contributed by atoms with Gasteiger partial charge in [0.2, 0.25) is 0 Å². The number of rotatable bonds is 2. The van der Waals surface area contributed by atoms with Gasteiger partial charge in [-0.25, -0.2) is 9.78 Å². The largest absolute Gasteiger partial charge is 0.444 e. The van der Waals surface area contributed by atoms with E-state index in [2.05, 4.69) is 4.98 Å². The molecule has 1 aromatic heterocycles. The monoisotopic (exact) mass is 328 g/mol. The molecule has 0 bridgehead atoms. The van der Waals surface area contributed by atoms with Gasteiger partial charge in [-0.15, -0.1) is 11.8 Å². The highest BCUT2D eigenvalue weighted by molar-refractivity contribution is 7.99. The maximum Gasteiger partial charge on any atom is 0.410 e. The highest BCUT2D eigenvalue weighted by Gasteiger charge is 2.27. The van der Waals surface area contributed by atoms with Crippen LogP contribution in [0.5, 0.6) is 0 Å². The number of amides is 1. The Bertz CT molecular complexity index is 479. The van der Waals surface area contributed by atoms with E-state index in [-0.39, 0.29) is 6.09 Å². The fraction of sp³-hybridized carbons (Fsp3) is 0.600. The lowest BCUT2D eigenvalue weighted by Crippen LogP contribution is -2.42. The van der Waals surface area contributed by atoms with Crippen LogP contribution in [0.4, 0.5) is 4.79 Å². The van der Waals surface area contributed by atoms with Gasteiger partial charge in [0, 0.05) is 24.5 Å². The average Bonchev–Trinajstić information content (AvgIpc) is 2.40. The Balaban J connectivity index is 1.80. The molecule has 2 rings (SSSR count). The molecule has 0 aliphatic carbocycles. The smallest absolute Gasteiger partial charge is 0.410 e. The van der Waals surface area contributed by atoms with Crippen LogP contribution in [0, 0.1) is 0 Å². The van der Waals surface area contributed by atoms with Crippen LogP contribution in [0.1, 0.15) is 33.6 Å². The molecule has 1 aliphatic rings. The number of hydrogen-bond acceptors (Lipinski definition) is 4. The number of hydrogen-bond donors (Lipinski definition) is 0. The summed E-state index contributed by atoms with van der Waals surface area (Å²) in [7, 11) is 0. The topological polar surface area (TPSA) is 42.4 Å². The van der Waals surface area contributed by atoms with E-state index in [0.717, 1.165) is 31.0 Å². The second-order valence-corrected chi connectivity index (χ2v) is 7.86. The molecule has 0 aromatic carbocycles. The molecule has 0 N–H and O–H groups in total. The van der Waals surface area contributed by atoms with E-state index < -0.39 is 5.60 Å². The predicted molar refractivity (Wildman–Crippen MR) is 85.9 cm³/mol. The minimum Gasteiger partial charge on any atom is -0.444 e. The fourth-order valence-electron chi connectivity index (χ4n) is 2.09. The third kappa shape index (κ3) is 5.40. The van der Waals surface area contributed by atoms with E-state index in [9.17, 15) is 4.79 Å². The van der Waals surface area contributed by atoms with Crippen molar-refractivity contribution in [3.63, 3.8) is 0 Å². The van der Waals surface area contributed by atoms with Gasteiger partial charge >= 0.3 is 6.09 Å². The van der Waals surface area contributed by atoms with Crippen LogP contribution in [0.3, 0.4) is 0 Å². The van der Waals surface area contributed by atoms with Crippen molar-refractivity contribution in [3.05, 3.63) is 23.4 Å². The minimum atomic E-state index is -0.435. The lowest BCUT2D eigenvalue weighted by atomic mass is 10.1. The fourth-order valence-corrected chi connectivity index (χ4v) is 3.25. The summed E-state index contributed by atoms with van der Waals surface area (Å²) in [6.07, 6.45) is 3.36. The van der Waals surface area contributed by atoms with Crippen LogP contribution in [-0.4, -0.2) is 39.9 Å². The molecule has 4 nitrogen and oxygen atoms in total. The molecule has 0 unspecified atom stereocenters. The normalized spacial score (nSPS) is 16.9. The average molecular weight is 329 g/mol. The Hall–Kier alpha value is -0.940. The molecule has 1 aliphatic heterocycles. The number of ether oxygens (including phenoxy) is 1. The number of carbonyl (C=O) groups excluding carboxylic acids is 1. The van der Waals surface area contributed by atoms with Gasteiger partial charge in [0.1, 0.15) is 5.60 Å². The molecule has 1 amide bonds. The number of likely N-dealkylation sites (tertiary alicyclic amines) is 1. The van der Waals surface area contributed by atoms with Gasteiger partial charge in [-0.1, -0.05) is 11.6 Å². The standard InChI is InChI=1S/C15H21ClN2O2S/c1-15(2,3)20-14(19)18-8-6-12(7-9-18)21-13-5-4-11(16)10-17-13/h4-5,10,12H,6-9H2,1-3H3. The molecule has 6 heteroatoms. The molecule has 1 fully saturated rings. The third-order valence-corrected chi connectivity index (χ3v) is 4.59. The lowest BCUT2D eigenvalue weighted by molar-refractivity contribution is 0.0219. The van der Waals surface area contributed by atoms with Crippen molar-refractivity contribution >= 4 is 29.5 Å². The van der Waals surface area contributed by atoms with Crippen LogP contribution in [0.15, 0.2) is 23.4 Å². The van der Waals surface area contributed by atoms with Crippen molar-refractivity contribution in [1.29, 1.82) is 0 Å². The first kappa shape index (κ1) is 16.4. The van der Waals surface area contributed by atoms with Gasteiger partial charge in [0.05, 0.1) is 10.0 Å². The number of halogens is 1. The number of pyridine rings is 1. The van der Waals surface area contributed by atoms with E-state index in [1.54, 1.807) is 22.9 Å². The molecular formula is C15H21ClN2O2S. The summed E-state index contributed by atoms with van der Waals surface area (Å²) in [6, 6.07) is 3.79. The maximum atomic E-state index is 12.0. The molecule has 0 saturated carbocycles. The molecule has 2 heterocycles. The summed E-state index contributed by atoms with van der Waals surface area (Å²) in [4.78, 5) is 18.1. The van der Waals surface area contributed by atoms with Crippen molar-refractivity contribution in [2.75, 3.05) is 13.1 Å². The van der Waals surface area contributed by atoms with Crippen LogP contribution < -0.4 is 0 Å². The van der Waals surface area contributed by atoms with E-state index in [1.165, 1.54) is 0 Å². The van der Waals surface area contributed by atoms with Crippen LogP contribution in [-0.2, 0) is 4.74 Å². The first-order chi connectivity index (χ1) is 9.83. The molecule has 116 valence electrons. The molecule has 0 radical (unpaired) electrons. The van der Waals surface area contributed by atoms with Crippen LogP contribution >= 0.6 is 23.4 Å². The molecule has 1 saturated heterocycles. The van der Waals surface area contributed by atoms with Gasteiger partial charge in [-0.05, 0) is 45.7 Å². The Kier molecular flexibility index (Phi) is 5.38. The zero-order chi connectivity index (χ0) is 15.5. The summed E-state index contributed by atoms with van der Waals surface area (Å²) in [5, 5.41) is 2.12. The second kappa shape index (κ2) is 6.88. The Labute approximate surface area is 135 Å². The Morgan fingerprint density at radius 3 is 2.57 bits per heavy atom. The van der Waals surface area contributed by atoms with Gasteiger partial charge in [0.25, 0.3) is 0 Å². The number of nitrogens with zero attached hydrogens (tertiary/aromatic N) is 2. The zero-order valence-corrected chi connectivity index (χ0v) is 14.2. The number of piperidine rings is 1. The van der Waals surface area contributed by atoms with Crippen molar-refractivity contribution in [1.82, 2.24) is 9.88 Å². The summed E-state index contributed by atoms with van der Waals surface area (Å²) >= 11 is 7.58. The minimum absolute atomic E-state index is 0.212. The van der Waals surface area contributed by atoms with Gasteiger partial charge in [-0.2, -0.15) is 0 Å². The summed E-state index contributed by atoms with van der Waals surface area (Å²) < 4.78 is 5.40. The van der Waals surface area contributed by atoms with Crippen LogP contribution in [0.25, 0.3) is 0 Å². The predicted octanol–water partition coefficient (Wildman–Crippen LogP) is 4.23. The quantitative estimate of drug-likeness (QED) is 0.815. The van der Waals surface area contributed by atoms with Crippen LogP contribution in [0.2, 0.25) is 5.02 Å². The van der Waals surface area contributed by atoms with Crippen molar-refractivity contribution in [2.45, 2.75) is 49.5 Å². The van der Waals surface area contributed by atoms with E-state index >= 15 is 0 Å². The van der Waals surface area contributed by atoms with Crippen molar-refractivity contribution in [2.24, 2.45) is 0 Å².